The molecule has 0 spiro atoms. The molecule has 0 N–H and O–H groups in total. The predicted octanol–water partition coefficient (Wildman–Crippen LogP) is 8.62. The Labute approximate surface area is 204 Å². The number of aromatic nitrogens is 2. The van der Waals surface area contributed by atoms with Gasteiger partial charge in [-0.25, -0.2) is 14.4 Å². The van der Waals surface area contributed by atoms with E-state index in [0.29, 0.717) is 12.2 Å². The van der Waals surface area contributed by atoms with E-state index in [4.69, 9.17) is 4.74 Å². The number of nitrogens with zero attached hydrogens (tertiary/aromatic N) is 2. The summed E-state index contributed by atoms with van der Waals surface area (Å²) in [6.45, 7) is 4.48. The summed E-state index contributed by atoms with van der Waals surface area (Å²) in [7, 11) is 0. The molecular weight excluding hydrogens is 423 g/mol. The molecule has 0 radical (unpaired) electrons. The van der Waals surface area contributed by atoms with E-state index >= 15 is 0 Å². The summed E-state index contributed by atoms with van der Waals surface area (Å²) in [4.78, 5) is 9.15. The van der Waals surface area contributed by atoms with Crippen molar-refractivity contribution in [1.82, 2.24) is 9.97 Å². The summed E-state index contributed by atoms with van der Waals surface area (Å²) in [5.41, 5.74) is 4.36. The van der Waals surface area contributed by atoms with Gasteiger partial charge in [-0.3, -0.25) is 0 Å². The zero-order valence-electron chi connectivity index (χ0n) is 20.8. The third kappa shape index (κ3) is 8.55. The van der Waals surface area contributed by atoms with Gasteiger partial charge in [0.25, 0.3) is 0 Å². The number of hydrogen-bond acceptors (Lipinski definition) is 3. The van der Waals surface area contributed by atoms with Crippen molar-refractivity contribution < 1.29 is 9.13 Å². The molecule has 3 nitrogen and oxygen atoms in total. The summed E-state index contributed by atoms with van der Waals surface area (Å²) in [5, 5.41) is 0. The molecule has 0 aliphatic rings. The van der Waals surface area contributed by atoms with Crippen molar-refractivity contribution in [2.24, 2.45) is 0 Å². The molecule has 1 heterocycles. The van der Waals surface area contributed by atoms with E-state index in [9.17, 15) is 4.39 Å². The van der Waals surface area contributed by atoms with E-state index in [1.54, 1.807) is 0 Å². The summed E-state index contributed by atoms with van der Waals surface area (Å²) >= 11 is 0. The Balaban J connectivity index is 1.50. The number of aryl methyl sites for hydroxylation is 1. The SMILES string of the molecule is CCCCCCCc1ccc(-c2ncc(-c3ccc(OCC(F)CCCCC)cc3)cn2)cc1. The molecule has 0 aliphatic carbocycles. The van der Waals surface area contributed by atoms with Crippen LogP contribution in [0.2, 0.25) is 0 Å². The van der Waals surface area contributed by atoms with Crippen molar-refractivity contribution >= 4 is 0 Å². The third-order valence-corrected chi connectivity index (χ3v) is 6.17. The molecule has 1 atom stereocenters. The number of benzene rings is 2. The van der Waals surface area contributed by atoms with Crippen LogP contribution in [0.5, 0.6) is 5.75 Å². The first kappa shape index (κ1) is 25.9. The Morgan fingerprint density at radius 1 is 0.706 bits per heavy atom. The van der Waals surface area contributed by atoms with Gasteiger partial charge in [0.2, 0.25) is 0 Å². The van der Waals surface area contributed by atoms with Gasteiger partial charge < -0.3 is 4.74 Å². The van der Waals surface area contributed by atoms with Gasteiger partial charge in [0.1, 0.15) is 18.5 Å². The van der Waals surface area contributed by atoms with Gasteiger partial charge in [-0.2, -0.15) is 0 Å². The first-order valence-corrected chi connectivity index (χ1v) is 13.0. The number of rotatable bonds is 15. The lowest BCUT2D eigenvalue weighted by Crippen LogP contribution is -2.12. The average Bonchev–Trinajstić information content (AvgIpc) is 2.88. The first-order chi connectivity index (χ1) is 16.7. The second-order valence-electron chi connectivity index (χ2n) is 9.08. The number of hydrogen-bond donors (Lipinski definition) is 0. The molecule has 34 heavy (non-hydrogen) atoms. The van der Waals surface area contributed by atoms with E-state index < -0.39 is 6.17 Å². The maximum absolute atomic E-state index is 13.9. The van der Waals surface area contributed by atoms with Crippen LogP contribution in [0, 0.1) is 0 Å². The Bertz CT molecular complexity index is 939. The van der Waals surface area contributed by atoms with E-state index in [2.05, 4.69) is 48.1 Å². The van der Waals surface area contributed by atoms with Crippen LogP contribution in [0.3, 0.4) is 0 Å². The van der Waals surface area contributed by atoms with Crippen LogP contribution < -0.4 is 4.74 Å². The molecule has 3 rings (SSSR count). The molecule has 0 aliphatic heterocycles. The monoisotopic (exact) mass is 462 g/mol. The molecule has 3 aromatic rings. The lowest BCUT2D eigenvalue weighted by atomic mass is 10.0. The highest BCUT2D eigenvalue weighted by atomic mass is 19.1. The Hall–Kier alpha value is -2.75. The Kier molecular flexibility index (Phi) is 11.0. The number of alkyl halides is 1. The van der Waals surface area contributed by atoms with Gasteiger partial charge in [-0.05, 0) is 42.5 Å². The first-order valence-electron chi connectivity index (χ1n) is 13.0. The maximum Gasteiger partial charge on any atom is 0.159 e. The van der Waals surface area contributed by atoms with Gasteiger partial charge in [0, 0.05) is 23.5 Å². The second kappa shape index (κ2) is 14.5. The quantitative estimate of drug-likeness (QED) is 0.212. The molecule has 1 unspecified atom stereocenters. The predicted molar refractivity (Wildman–Crippen MR) is 140 cm³/mol. The standard InChI is InChI=1S/C30H39FN2O/c1-3-5-7-8-10-11-24-13-15-26(16-14-24)30-32-21-27(22-33-30)25-17-19-29(20-18-25)34-23-28(31)12-9-6-4-2/h13-22,28H,3-12,23H2,1-2H3. The van der Waals surface area contributed by atoms with Crippen LogP contribution in [-0.2, 0) is 6.42 Å². The van der Waals surface area contributed by atoms with Gasteiger partial charge >= 0.3 is 0 Å². The lowest BCUT2D eigenvalue weighted by Gasteiger charge is -2.11. The van der Waals surface area contributed by atoms with Crippen LogP contribution in [0.1, 0.15) is 77.2 Å². The molecule has 182 valence electrons. The van der Waals surface area contributed by atoms with Gasteiger partial charge in [0.15, 0.2) is 5.82 Å². The highest BCUT2D eigenvalue weighted by Gasteiger charge is 2.08. The van der Waals surface area contributed by atoms with Crippen molar-refractivity contribution in [3.63, 3.8) is 0 Å². The smallest absolute Gasteiger partial charge is 0.159 e. The van der Waals surface area contributed by atoms with Crippen molar-refractivity contribution in [2.45, 2.75) is 84.2 Å². The molecule has 0 amide bonds. The fraction of sp³-hybridized carbons (Fsp3) is 0.467. The van der Waals surface area contributed by atoms with Crippen molar-refractivity contribution in [1.29, 1.82) is 0 Å². The molecule has 0 fully saturated rings. The minimum atomic E-state index is -0.910. The van der Waals surface area contributed by atoms with Crippen LogP contribution in [0.4, 0.5) is 4.39 Å². The molecule has 4 heteroatoms. The summed E-state index contributed by atoms with van der Waals surface area (Å²) in [5.74, 6) is 1.42. The van der Waals surface area contributed by atoms with E-state index in [1.807, 2.05) is 36.7 Å². The van der Waals surface area contributed by atoms with Crippen LogP contribution in [0.25, 0.3) is 22.5 Å². The van der Waals surface area contributed by atoms with Crippen molar-refractivity contribution in [3.8, 4) is 28.3 Å². The molecule has 0 bridgehead atoms. The van der Waals surface area contributed by atoms with E-state index in [0.717, 1.165) is 48.2 Å². The Morgan fingerprint density at radius 3 is 2.00 bits per heavy atom. The fourth-order valence-electron chi connectivity index (χ4n) is 4.01. The van der Waals surface area contributed by atoms with Gasteiger partial charge in [0.05, 0.1) is 0 Å². The van der Waals surface area contributed by atoms with Crippen LogP contribution in [-0.4, -0.2) is 22.7 Å². The third-order valence-electron chi connectivity index (χ3n) is 6.17. The van der Waals surface area contributed by atoms with Crippen LogP contribution >= 0.6 is 0 Å². The second-order valence-corrected chi connectivity index (χ2v) is 9.08. The number of halogens is 1. The van der Waals surface area contributed by atoms with Gasteiger partial charge in [-0.15, -0.1) is 0 Å². The van der Waals surface area contributed by atoms with Crippen molar-refractivity contribution in [3.05, 3.63) is 66.5 Å². The molecular formula is C30H39FN2O. The molecule has 2 aromatic carbocycles. The molecule has 0 saturated carbocycles. The minimum Gasteiger partial charge on any atom is -0.491 e. The number of unbranched alkanes of at least 4 members (excludes halogenated alkanes) is 6. The summed E-state index contributed by atoms with van der Waals surface area (Å²) in [6.07, 6.45) is 14.1. The molecule has 1 aromatic heterocycles. The minimum absolute atomic E-state index is 0.110. The Morgan fingerprint density at radius 2 is 1.32 bits per heavy atom. The van der Waals surface area contributed by atoms with Crippen molar-refractivity contribution in [2.75, 3.05) is 6.61 Å². The fourth-order valence-corrected chi connectivity index (χ4v) is 4.01. The van der Waals surface area contributed by atoms with E-state index in [-0.39, 0.29) is 6.61 Å². The summed E-state index contributed by atoms with van der Waals surface area (Å²) in [6, 6.07) is 16.3. The topological polar surface area (TPSA) is 35.0 Å². The normalized spacial score (nSPS) is 12.0. The largest absolute Gasteiger partial charge is 0.491 e. The highest BCUT2D eigenvalue weighted by Crippen LogP contribution is 2.24. The number of ether oxygens (including phenoxy) is 1. The average molecular weight is 463 g/mol. The zero-order valence-corrected chi connectivity index (χ0v) is 20.8. The van der Waals surface area contributed by atoms with Crippen LogP contribution in [0.15, 0.2) is 60.9 Å². The highest BCUT2D eigenvalue weighted by molar-refractivity contribution is 5.64. The lowest BCUT2D eigenvalue weighted by molar-refractivity contribution is 0.184. The van der Waals surface area contributed by atoms with Gasteiger partial charge in [-0.1, -0.05) is 95.2 Å². The summed E-state index contributed by atoms with van der Waals surface area (Å²) < 4.78 is 19.5. The maximum atomic E-state index is 13.9. The van der Waals surface area contributed by atoms with E-state index in [1.165, 1.54) is 37.7 Å². The molecule has 0 saturated heterocycles. The zero-order chi connectivity index (χ0) is 24.0.